The zero-order valence-electron chi connectivity index (χ0n) is 9.99. The summed E-state index contributed by atoms with van der Waals surface area (Å²) in [5.74, 6) is -0.682. The molecule has 2 aromatic rings. The first-order chi connectivity index (χ1) is 8.61. The lowest BCUT2D eigenvalue weighted by atomic mass is 10.1. The van der Waals surface area contributed by atoms with E-state index >= 15 is 0 Å². The lowest BCUT2D eigenvalue weighted by Gasteiger charge is -2.05. The van der Waals surface area contributed by atoms with E-state index in [1.165, 1.54) is 17.4 Å². The van der Waals surface area contributed by atoms with Crippen LogP contribution >= 0.6 is 11.3 Å². The second-order valence-corrected chi connectivity index (χ2v) is 5.04. The van der Waals surface area contributed by atoms with Gasteiger partial charge in [0.25, 0.3) is 0 Å². The van der Waals surface area contributed by atoms with Crippen molar-refractivity contribution in [2.45, 2.75) is 19.3 Å². The normalized spacial score (nSPS) is 12.7. The van der Waals surface area contributed by atoms with E-state index in [4.69, 9.17) is 5.73 Å². The second kappa shape index (κ2) is 5.54. The molecule has 0 radical (unpaired) electrons. The van der Waals surface area contributed by atoms with Crippen molar-refractivity contribution in [3.63, 3.8) is 0 Å². The molecular weight excluding hydrogens is 254 g/mol. The highest BCUT2D eigenvalue weighted by atomic mass is 32.1. The Hall–Kier alpha value is -1.33. The van der Waals surface area contributed by atoms with Gasteiger partial charge in [-0.15, -0.1) is 11.3 Å². The Morgan fingerprint density at radius 3 is 2.89 bits per heavy atom. The molecule has 0 spiro atoms. The molecule has 1 atom stereocenters. The van der Waals surface area contributed by atoms with Gasteiger partial charge in [0.05, 0.1) is 5.69 Å². The zero-order valence-corrected chi connectivity index (χ0v) is 10.8. The molecule has 1 heterocycles. The topological polar surface area (TPSA) is 38.9 Å². The second-order valence-electron chi connectivity index (χ2n) is 4.18. The van der Waals surface area contributed by atoms with Crippen LogP contribution in [-0.2, 0) is 0 Å². The van der Waals surface area contributed by atoms with Crippen molar-refractivity contribution in [2.24, 2.45) is 5.73 Å². The van der Waals surface area contributed by atoms with Gasteiger partial charge < -0.3 is 5.73 Å². The minimum atomic E-state index is -0.460. The number of aromatic nitrogens is 1. The molecule has 1 aromatic heterocycles. The maximum atomic E-state index is 13.6. The number of nitrogens with zero attached hydrogens (tertiary/aromatic N) is 1. The molecule has 2 rings (SSSR count). The van der Waals surface area contributed by atoms with Crippen molar-refractivity contribution < 1.29 is 8.78 Å². The molecule has 0 aliphatic carbocycles. The van der Waals surface area contributed by atoms with Gasteiger partial charge in [0.1, 0.15) is 16.6 Å². The number of halogens is 2. The van der Waals surface area contributed by atoms with Gasteiger partial charge in [0, 0.05) is 16.9 Å². The van der Waals surface area contributed by atoms with Crippen molar-refractivity contribution in [2.75, 3.05) is 6.54 Å². The van der Waals surface area contributed by atoms with Gasteiger partial charge in [-0.05, 0) is 31.2 Å². The summed E-state index contributed by atoms with van der Waals surface area (Å²) in [7, 11) is 0. The predicted molar refractivity (Wildman–Crippen MR) is 69.6 cm³/mol. The van der Waals surface area contributed by atoms with Crippen molar-refractivity contribution in [1.29, 1.82) is 0 Å². The van der Waals surface area contributed by atoms with E-state index in [1.807, 2.05) is 12.3 Å². The van der Waals surface area contributed by atoms with Gasteiger partial charge >= 0.3 is 0 Å². The van der Waals surface area contributed by atoms with Crippen LogP contribution in [0.1, 0.15) is 25.0 Å². The Balaban J connectivity index is 2.32. The summed E-state index contributed by atoms with van der Waals surface area (Å²) >= 11 is 1.32. The van der Waals surface area contributed by atoms with Crippen molar-refractivity contribution in [3.05, 3.63) is 40.9 Å². The number of hydrogen-bond donors (Lipinski definition) is 1. The molecule has 2 N–H and O–H groups in total. The largest absolute Gasteiger partial charge is 0.330 e. The monoisotopic (exact) mass is 268 g/mol. The van der Waals surface area contributed by atoms with Crippen LogP contribution in [0.4, 0.5) is 8.78 Å². The fourth-order valence-corrected chi connectivity index (χ4v) is 2.65. The molecule has 18 heavy (non-hydrogen) atoms. The fourth-order valence-electron chi connectivity index (χ4n) is 1.70. The minimum Gasteiger partial charge on any atom is -0.330 e. The Bertz CT molecular complexity index is 540. The maximum absolute atomic E-state index is 13.6. The fraction of sp³-hybridized carbons (Fsp3) is 0.308. The first-order valence-electron chi connectivity index (χ1n) is 5.72. The van der Waals surface area contributed by atoms with Gasteiger partial charge in [-0.25, -0.2) is 13.8 Å². The molecule has 1 aromatic carbocycles. The van der Waals surface area contributed by atoms with E-state index in [1.54, 1.807) is 0 Å². The molecule has 0 fully saturated rings. The first-order valence-corrected chi connectivity index (χ1v) is 6.60. The van der Waals surface area contributed by atoms with Crippen LogP contribution in [0.5, 0.6) is 0 Å². The Morgan fingerprint density at radius 1 is 1.39 bits per heavy atom. The van der Waals surface area contributed by atoms with Crippen LogP contribution in [0.3, 0.4) is 0 Å². The summed E-state index contributed by atoms with van der Waals surface area (Å²) in [5, 5.41) is 2.38. The molecule has 1 unspecified atom stereocenters. The average molecular weight is 268 g/mol. The molecule has 2 nitrogen and oxygen atoms in total. The maximum Gasteiger partial charge on any atom is 0.133 e. The number of rotatable bonds is 4. The first kappa shape index (κ1) is 13.1. The molecule has 0 bridgehead atoms. The minimum absolute atomic E-state index is 0.214. The Kier molecular flexibility index (Phi) is 4.04. The van der Waals surface area contributed by atoms with Gasteiger partial charge in [0.15, 0.2) is 0 Å². The molecule has 0 amide bonds. The molecular formula is C13H14F2N2S. The van der Waals surface area contributed by atoms with Gasteiger partial charge in [0.2, 0.25) is 0 Å². The molecule has 0 saturated carbocycles. The third-order valence-electron chi connectivity index (χ3n) is 2.79. The van der Waals surface area contributed by atoms with Gasteiger partial charge in [-0.1, -0.05) is 6.92 Å². The van der Waals surface area contributed by atoms with E-state index in [9.17, 15) is 8.78 Å². The van der Waals surface area contributed by atoms with Crippen LogP contribution in [0, 0.1) is 11.6 Å². The SMILES string of the molecule is CC(CCN)c1csc(-c2cc(F)ccc2F)n1. The van der Waals surface area contributed by atoms with Crippen LogP contribution in [-0.4, -0.2) is 11.5 Å². The highest BCUT2D eigenvalue weighted by Gasteiger charge is 2.13. The van der Waals surface area contributed by atoms with E-state index in [0.717, 1.165) is 24.2 Å². The summed E-state index contributed by atoms with van der Waals surface area (Å²) in [6.07, 6.45) is 0.828. The van der Waals surface area contributed by atoms with E-state index in [0.29, 0.717) is 11.6 Å². The predicted octanol–water partition coefficient (Wildman–Crippen LogP) is 3.54. The standard InChI is InChI=1S/C13H14F2N2S/c1-8(4-5-16)12-7-18-13(17-12)10-6-9(14)2-3-11(10)15/h2-3,6-8H,4-5,16H2,1H3. The molecule has 96 valence electrons. The third-order valence-corrected chi connectivity index (χ3v) is 3.68. The Morgan fingerprint density at radius 2 is 2.17 bits per heavy atom. The van der Waals surface area contributed by atoms with Crippen LogP contribution in [0.2, 0.25) is 0 Å². The lowest BCUT2D eigenvalue weighted by molar-refractivity contribution is 0.603. The van der Waals surface area contributed by atoms with Crippen LogP contribution in [0.15, 0.2) is 23.6 Å². The van der Waals surface area contributed by atoms with E-state index in [2.05, 4.69) is 4.98 Å². The van der Waals surface area contributed by atoms with Crippen molar-refractivity contribution in [3.8, 4) is 10.6 Å². The van der Waals surface area contributed by atoms with Gasteiger partial charge in [-0.3, -0.25) is 0 Å². The Labute approximate surface area is 108 Å². The average Bonchev–Trinajstić information content (AvgIpc) is 2.82. The highest BCUT2D eigenvalue weighted by molar-refractivity contribution is 7.13. The van der Waals surface area contributed by atoms with Crippen LogP contribution < -0.4 is 5.73 Å². The summed E-state index contributed by atoms with van der Waals surface area (Å²) in [6.45, 7) is 2.61. The molecule has 5 heteroatoms. The summed E-state index contributed by atoms with van der Waals surface area (Å²) in [5.41, 5.74) is 6.59. The number of benzene rings is 1. The van der Waals surface area contributed by atoms with E-state index < -0.39 is 11.6 Å². The third kappa shape index (κ3) is 2.73. The smallest absolute Gasteiger partial charge is 0.133 e. The highest BCUT2D eigenvalue weighted by Crippen LogP contribution is 2.30. The molecule has 0 aliphatic rings. The summed E-state index contributed by atoms with van der Waals surface area (Å²) in [6, 6.07) is 3.39. The summed E-state index contributed by atoms with van der Waals surface area (Å²) < 4.78 is 26.7. The van der Waals surface area contributed by atoms with E-state index in [-0.39, 0.29) is 11.5 Å². The number of hydrogen-bond acceptors (Lipinski definition) is 3. The molecule has 0 aliphatic heterocycles. The number of nitrogens with two attached hydrogens (primary N) is 1. The van der Waals surface area contributed by atoms with Gasteiger partial charge in [-0.2, -0.15) is 0 Å². The molecule has 0 saturated heterocycles. The lowest BCUT2D eigenvalue weighted by Crippen LogP contribution is -2.04. The van der Waals surface area contributed by atoms with Crippen molar-refractivity contribution in [1.82, 2.24) is 4.98 Å². The van der Waals surface area contributed by atoms with Crippen molar-refractivity contribution >= 4 is 11.3 Å². The zero-order chi connectivity index (χ0) is 13.1. The summed E-state index contributed by atoms with van der Waals surface area (Å²) in [4.78, 5) is 4.36. The number of thiazole rings is 1. The quantitative estimate of drug-likeness (QED) is 0.921. The van der Waals surface area contributed by atoms with Crippen LogP contribution in [0.25, 0.3) is 10.6 Å².